The molecule has 8 nitrogen and oxygen atoms in total. The van der Waals surface area contributed by atoms with E-state index < -0.39 is 24.0 Å². The predicted molar refractivity (Wildman–Crippen MR) is 96.5 cm³/mol. The third-order valence-electron chi connectivity index (χ3n) is 3.60. The maximum atomic E-state index is 12.2. The van der Waals surface area contributed by atoms with Crippen LogP contribution in [0.25, 0.3) is 5.69 Å². The van der Waals surface area contributed by atoms with E-state index in [9.17, 15) is 23.1 Å². The molecule has 0 saturated heterocycles. The number of nitrogens with one attached hydrogen (secondary N) is 1. The molecule has 30 heavy (non-hydrogen) atoms. The van der Waals surface area contributed by atoms with Gasteiger partial charge in [-0.15, -0.1) is 13.2 Å². The summed E-state index contributed by atoms with van der Waals surface area (Å²) in [5.74, 6) is -1.14. The Bertz CT molecular complexity index is 1010. The molecule has 12 heteroatoms. The number of carbonyl (C=O) groups excluding carboxylic acids is 1. The largest absolute Gasteiger partial charge is 0.573 e. The fourth-order valence-electron chi connectivity index (χ4n) is 2.32. The third-order valence-corrected chi connectivity index (χ3v) is 4.62. The molecule has 1 heterocycles. The van der Waals surface area contributed by atoms with Crippen molar-refractivity contribution >= 4 is 23.4 Å². The van der Waals surface area contributed by atoms with E-state index in [1.807, 2.05) is 0 Å². The Kier molecular flexibility index (Phi) is 6.35. The van der Waals surface area contributed by atoms with E-state index in [0.29, 0.717) is 11.4 Å². The van der Waals surface area contributed by atoms with Crippen molar-refractivity contribution in [3.63, 3.8) is 0 Å². The number of thioether (sulfide) groups is 1. The number of benzene rings is 2. The van der Waals surface area contributed by atoms with Gasteiger partial charge in [-0.1, -0.05) is 0 Å². The molecule has 158 valence electrons. The number of halogens is 3. The highest BCUT2D eigenvalue weighted by Gasteiger charge is 2.31. The Morgan fingerprint density at radius 3 is 2.40 bits per heavy atom. The number of hydrogen-bond donors (Lipinski definition) is 1. The number of anilines is 1. The van der Waals surface area contributed by atoms with E-state index in [1.54, 1.807) is 24.3 Å². The molecular weight excluding hydrogens is 427 g/mol. The van der Waals surface area contributed by atoms with Crippen molar-refractivity contribution in [3.8, 4) is 23.1 Å². The molecule has 0 saturated carbocycles. The number of carbonyl (C=O) groups is 1. The third kappa shape index (κ3) is 5.56. The lowest BCUT2D eigenvalue weighted by molar-refractivity contribution is -0.705. The van der Waals surface area contributed by atoms with Gasteiger partial charge in [-0.25, -0.2) is 0 Å². The minimum Gasteiger partial charge on any atom is -0.538 e. The summed E-state index contributed by atoms with van der Waals surface area (Å²) in [6.07, 6.45) is -4.80. The smallest absolute Gasteiger partial charge is 0.538 e. The number of alkyl halides is 3. The van der Waals surface area contributed by atoms with Crippen LogP contribution in [0.15, 0.2) is 58.1 Å². The van der Waals surface area contributed by atoms with Crippen molar-refractivity contribution in [2.45, 2.75) is 11.4 Å². The number of amides is 1. The van der Waals surface area contributed by atoms with E-state index in [1.165, 1.54) is 23.9 Å². The number of nitrogens with zero attached hydrogens (tertiary/aromatic N) is 2. The van der Waals surface area contributed by atoms with Crippen LogP contribution >= 0.6 is 11.8 Å². The molecule has 0 aliphatic carbocycles. The zero-order chi connectivity index (χ0) is 21.7. The van der Waals surface area contributed by atoms with Crippen LogP contribution in [0.2, 0.25) is 0 Å². The van der Waals surface area contributed by atoms with Gasteiger partial charge in [0.1, 0.15) is 11.5 Å². The van der Waals surface area contributed by atoms with Crippen LogP contribution in [-0.2, 0) is 4.79 Å². The number of hydrogen-bond acceptors (Lipinski definition) is 7. The fraction of sp³-hybridized carbons (Fsp3) is 0.167. The average molecular weight is 441 g/mol. The van der Waals surface area contributed by atoms with Crippen molar-refractivity contribution in [1.82, 2.24) is 5.27 Å². The average Bonchev–Trinajstić information content (AvgIpc) is 3.07. The summed E-state index contributed by atoms with van der Waals surface area (Å²) in [7, 11) is 1.52. The lowest BCUT2D eigenvalue weighted by Gasteiger charge is -2.09. The van der Waals surface area contributed by atoms with E-state index in [0.717, 1.165) is 23.9 Å². The Balaban J connectivity index is 1.61. The molecule has 1 N–H and O–H groups in total. The quantitative estimate of drug-likeness (QED) is 0.444. The molecule has 3 aromatic rings. The van der Waals surface area contributed by atoms with Crippen molar-refractivity contribution in [2.75, 3.05) is 18.2 Å². The number of aromatic nitrogens is 2. The van der Waals surface area contributed by atoms with Gasteiger partial charge in [0.2, 0.25) is 11.6 Å². The van der Waals surface area contributed by atoms with Gasteiger partial charge in [-0.3, -0.25) is 4.79 Å². The zero-order valence-corrected chi connectivity index (χ0v) is 16.1. The molecule has 0 fully saturated rings. The molecule has 0 bridgehead atoms. The second kappa shape index (κ2) is 8.95. The van der Waals surface area contributed by atoms with Gasteiger partial charge in [0, 0.05) is 17.8 Å². The molecule has 0 spiro atoms. The Labute approximate surface area is 172 Å². The van der Waals surface area contributed by atoms with Gasteiger partial charge in [-0.05, 0) is 52.8 Å². The van der Waals surface area contributed by atoms with Gasteiger partial charge in [0.15, 0.2) is 5.95 Å². The normalized spacial score (nSPS) is 11.2. The lowest BCUT2D eigenvalue weighted by atomic mass is 10.3. The molecule has 2 aromatic carbocycles. The minimum absolute atomic E-state index is 0.0873. The molecular formula is C18H14F3N3O5S. The zero-order valence-electron chi connectivity index (χ0n) is 15.3. The van der Waals surface area contributed by atoms with Crippen LogP contribution in [0.3, 0.4) is 0 Å². The summed E-state index contributed by atoms with van der Waals surface area (Å²) < 4.78 is 51.3. The summed E-state index contributed by atoms with van der Waals surface area (Å²) in [4.78, 5) is 12.1. The topological polar surface area (TPSA) is 101 Å². The van der Waals surface area contributed by atoms with Crippen molar-refractivity contribution < 1.29 is 41.8 Å². The van der Waals surface area contributed by atoms with Crippen LogP contribution in [-0.4, -0.2) is 30.4 Å². The van der Waals surface area contributed by atoms with Crippen LogP contribution in [0.4, 0.5) is 18.9 Å². The summed E-state index contributed by atoms with van der Waals surface area (Å²) in [5.41, 5.74) is 0.802. The Morgan fingerprint density at radius 2 is 1.80 bits per heavy atom. The van der Waals surface area contributed by atoms with Crippen LogP contribution in [0.1, 0.15) is 0 Å². The second-order valence-corrected chi connectivity index (χ2v) is 6.65. The van der Waals surface area contributed by atoms with Crippen LogP contribution in [0, 0.1) is 0 Å². The first-order valence-electron chi connectivity index (χ1n) is 8.27. The highest BCUT2D eigenvalue weighted by atomic mass is 32.2. The van der Waals surface area contributed by atoms with Gasteiger partial charge >= 0.3 is 6.36 Å². The maximum absolute atomic E-state index is 12.2. The van der Waals surface area contributed by atoms with Crippen molar-refractivity contribution in [3.05, 3.63) is 48.5 Å². The predicted octanol–water partition coefficient (Wildman–Crippen LogP) is 2.66. The molecule has 3 rings (SSSR count). The van der Waals surface area contributed by atoms with Crippen LogP contribution < -0.4 is 24.6 Å². The molecule has 0 unspecified atom stereocenters. The highest BCUT2D eigenvalue weighted by Crippen LogP contribution is 2.26. The van der Waals surface area contributed by atoms with Crippen molar-refractivity contribution in [1.29, 1.82) is 0 Å². The first-order chi connectivity index (χ1) is 14.2. The van der Waals surface area contributed by atoms with Gasteiger partial charge < -0.3 is 24.4 Å². The second-order valence-electron chi connectivity index (χ2n) is 5.68. The number of ether oxygens (including phenoxy) is 2. The lowest BCUT2D eigenvalue weighted by Crippen LogP contribution is -2.35. The summed E-state index contributed by atoms with van der Waals surface area (Å²) in [6.45, 7) is 0. The molecule has 0 radical (unpaired) electrons. The maximum Gasteiger partial charge on any atom is 0.573 e. The first kappa shape index (κ1) is 21.3. The minimum atomic E-state index is -4.80. The standard InChI is InChI=1S/C18H14F3N3O5S/c1-27-13-8-4-12(5-9-13)24-16(17(26)29-23-24)30-10-15(25)22-11-2-6-14(7-3-11)28-18(19,20)21/h2-9H,10H2,1H3,(H-,22,23,25,26). The Morgan fingerprint density at radius 1 is 1.17 bits per heavy atom. The van der Waals surface area contributed by atoms with E-state index in [2.05, 4.69) is 19.8 Å². The molecule has 1 aromatic heterocycles. The van der Waals surface area contributed by atoms with Gasteiger partial charge in [-0.2, -0.15) is 0 Å². The first-order valence-corrected chi connectivity index (χ1v) is 9.25. The summed E-state index contributed by atoms with van der Waals surface area (Å²) in [5, 5.41) is 18.2. The monoisotopic (exact) mass is 441 g/mol. The van der Waals surface area contributed by atoms with Crippen molar-refractivity contribution in [2.24, 2.45) is 0 Å². The fourth-order valence-corrected chi connectivity index (χ4v) is 3.08. The molecule has 0 atom stereocenters. The molecule has 1 amide bonds. The van der Waals surface area contributed by atoms with E-state index >= 15 is 0 Å². The van der Waals surface area contributed by atoms with E-state index in [4.69, 9.17) is 4.74 Å². The highest BCUT2D eigenvalue weighted by molar-refractivity contribution is 7.99. The van der Waals surface area contributed by atoms with Crippen LogP contribution in [0.5, 0.6) is 17.4 Å². The molecule has 0 aliphatic heterocycles. The Hall–Kier alpha value is -3.41. The van der Waals surface area contributed by atoms with E-state index in [-0.39, 0.29) is 16.5 Å². The van der Waals surface area contributed by atoms with Gasteiger partial charge in [0.05, 0.1) is 18.1 Å². The summed E-state index contributed by atoms with van der Waals surface area (Å²) >= 11 is 0.901. The number of rotatable bonds is 7. The SMILES string of the molecule is COc1ccc(-[n+]2noc([O-])c2SCC(=O)Nc2ccc(OC(F)(F)F)cc2)cc1. The summed E-state index contributed by atoms with van der Waals surface area (Å²) in [6, 6.07) is 11.3. The molecule has 0 aliphatic rings. The van der Waals surface area contributed by atoms with Gasteiger partial charge in [0.25, 0.3) is 5.03 Å². The number of methoxy groups -OCH3 is 1.